The summed E-state index contributed by atoms with van der Waals surface area (Å²) in [5, 5.41) is 6.52. The molecule has 28 heavy (non-hydrogen) atoms. The van der Waals surface area contributed by atoms with Crippen molar-refractivity contribution in [1.29, 1.82) is 0 Å². The Balaban J connectivity index is 1.64. The summed E-state index contributed by atoms with van der Waals surface area (Å²) in [6.45, 7) is 1.49. The lowest BCUT2D eigenvalue weighted by atomic mass is 10.1. The van der Waals surface area contributed by atoms with Crippen LogP contribution in [-0.4, -0.2) is 46.5 Å². The van der Waals surface area contributed by atoms with Crippen LogP contribution in [0.15, 0.2) is 63.3 Å². The Morgan fingerprint density at radius 1 is 1.04 bits per heavy atom. The molecule has 0 spiro atoms. The van der Waals surface area contributed by atoms with Gasteiger partial charge in [-0.05, 0) is 60.6 Å². The molecule has 0 saturated carbocycles. The van der Waals surface area contributed by atoms with E-state index in [-0.39, 0.29) is 5.82 Å². The SMILES string of the molecule is CN=C(NCCCSc1ccc(F)cc1)NCCc1ccc(S(C)(=O)=O)cc1. The van der Waals surface area contributed by atoms with Crippen LogP contribution in [0.5, 0.6) is 0 Å². The fourth-order valence-electron chi connectivity index (χ4n) is 2.45. The van der Waals surface area contributed by atoms with Crippen molar-refractivity contribution >= 4 is 27.6 Å². The minimum absolute atomic E-state index is 0.216. The lowest BCUT2D eigenvalue weighted by Crippen LogP contribution is -2.38. The van der Waals surface area contributed by atoms with E-state index in [1.807, 2.05) is 12.1 Å². The molecule has 0 heterocycles. The van der Waals surface area contributed by atoms with E-state index >= 15 is 0 Å². The molecule has 0 unspecified atom stereocenters. The number of thioether (sulfide) groups is 1. The quantitative estimate of drug-likeness (QED) is 0.281. The van der Waals surface area contributed by atoms with Crippen LogP contribution in [0.2, 0.25) is 0 Å². The Morgan fingerprint density at radius 3 is 2.29 bits per heavy atom. The molecule has 0 radical (unpaired) electrons. The first-order valence-electron chi connectivity index (χ1n) is 9.00. The number of sulfone groups is 1. The van der Waals surface area contributed by atoms with Gasteiger partial charge in [-0.15, -0.1) is 11.8 Å². The second kappa shape index (κ2) is 11.1. The number of aliphatic imine (C=N–C) groups is 1. The Bertz CT molecular complexity index is 867. The smallest absolute Gasteiger partial charge is 0.190 e. The summed E-state index contributed by atoms with van der Waals surface area (Å²) in [5.74, 6) is 1.45. The van der Waals surface area contributed by atoms with Crippen molar-refractivity contribution in [1.82, 2.24) is 10.6 Å². The van der Waals surface area contributed by atoms with Crippen molar-refractivity contribution in [2.24, 2.45) is 4.99 Å². The van der Waals surface area contributed by atoms with Gasteiger partial charge in [-0.25, -0.2) is 12.8 Å². The fourth-order valence-corrected chi connectivity index (χ4v) is 3.93. The molecule has 0 aliphatic heterocycles. The zero-order valence-electron chi connectivity index (χ0n) is 16.1. The van der Waals surface area contributed by atoms with Crippen molar-refractivity contribution < 1.29 is 12.8 Å². The highest BCUT2D eigenvalue weighted by atomic mass is 32.2. The molecule has 2 aromatic carbocycles. The van der Waals surface area contributed by atoms with Gasteiger partial charge in [-0.2, -0.15) is 0 Å². The molecule has 2 N–H and O–H groups in total. The maximum Gasteiger partial charge on any atom is 0.190 e. The molecule has 0 bridgehead atoms. The normalized spacial score (nSPS) is 12.0. The first-order chi connectivity index (χ1) is 13.4. The largest absolute Gasteiger partial charge is 0.356 e. The zero-order valence-corrected chi connectivity index (χ0v) is 17.7. The lowest BCUT2D eigenvalue weighted by molar-refractivity contribution is 0.602. The first-order valence-corrected chi connectivity index (χ1v) is 11.9. The van der Waals surface area contributed by atoms with Gasteiger partial charge in [0.05, 0.1) is 4.90 Å². The molecule has 0 amide bonds. The highest BCUT2D eigenvalue weighted by Crippen LogP contribution is 2.18. The summed E-state index contributed by atoms with van der Waals surface area (Å²) in [6, 6.07) is 13.5. The number of nitrogens with one attached hydrogen (secondary N) is 2. The second-order valence-corrected chi connectivity index (χ2v) is 9.43. The van der Waals surface area contributed by atoms with E-state index in [1.165, 1.54) is 18.4 Å². The van der Waals surface area contributed by atoms with Crippen LogP contribution >= 0.6 is 11.8 Å². The monoisotopic (exact) mass is 423 g/mol. The van der Waals surface area contributed by atoms with E-state index in [2.05, 4.69) is 15.6 Å². The highest BCUT2D eigenvalue weighted by Gasteiger charge is 2.06. The Kier molecular flexibility index (Phi) is 8.79. The molecule has 0 aliphatic carbocycles. The molecule has 152 valence electrons. The van der Waals surface area contributed by atoms with E-state index in [4.69, 9.17) is 0 Å². The van der Waals surface area contributed by atoms with Crippen LogP contribution in [0, 0.1) is 5.82 Å². The highest BCUT2D eigenvalue weighted by molar-refractivity contribution is 7.99. The van der Waals surface area contributed by atoms with Gasteiger partial charge in [0.25, 0.3) is 0 Å². The Labute approximate surface area is 170 Å². The van der Waals surface area contributed by atoms with Crippen LogP contribution in [0.1, 0.15) is 12.0 Å². The summed E-state index contributed by atoms with van der Waals surface area (Å²) in [6.07, 6.45) is 2.93. The number of hydrogen-bond acceptors (Lipinski definition) is 4. The molecule has 0 atom stereocenters. The van der Waals surface area contributed by atoms with Gasteiger partial charge in [-0.1, -0.05) is 12.1 Å². The number of halogens is 1. The van der Waals surface area contributed by atoms with Gasteiger partial charge in [0.1, 0.15) is 5.82 Å². The van der Waals surface area contributed by atoms with Gasteiger partial charge < -0.3 is 10.6 Å². The number of nitrogens with zero attached hydrogens (tertiary/aromatic N) is 1. The van der Waals surface area contributed by atoms with E-state index < -0.39 is 9.84 Å². The van der Waals surface area contributed by atoms with E-state index in [1.54, 1.807) is 43.1 Å². The number of guanidine groups is 1. The molecule has 0 fully saturated rings. The third kappa shape index (κ3) is 7.90. The van der Waals surface area contributed by atoms with Gasteiger partial charge in [0, 0.05) is 31.3 Å². The number of rotatable bonds is 9. The summed E-state index contributed by atoms with van der Waals surface area (Å²) in [5.41, 5.74) is 1.06. The average molecular weight is 424 g/mol. The van der Waals surface area contributed by atoms with Crippen molar-refractivity contribution in [3.63, 3.8) is 0 Å². The summed E-state index contributed by atoms with van der Waals surface area (Å²) < 4.78 is 35.8. The van der Waals surface area contributed by atoms with Gasteiger partial charge >= 0.3 is 0 Å². The van der Waals surface area contributed by atoms with Crippen molar-refractivity contribution in [3.05, 3.63) is 59.9 Å². The van der Waals surface area contributed by atoms with Crippen molar-refractivity contribution in [3.8, 4) is 0 Å². The predicted octanol–water partition coefficient (Wildman–Crippen LogP) is 3.12. The van der Waals surface area contributed by atoms with Crippen LogP contribution in [0.4, 0.5) is 4.39 Å². The molecule has 0 aromatic heterocycles. The topological polar surface area (TPSA) is 70.6 Å². The lowest BCUT2D eigenvalue weighted by Gasteiger charge is -2.12. The molecule has 2 aromatic rings. The summed E-state index contributed by atoms with van der Waals surface area (Å²) in [4.78, 5) is 5.59. The van der Waals surface area contributed by atoms with Gasteiger partial charge in [-0.3, -0.25) is 4.99 Å². The van der Waals surface area contributed by atoms with Crippen LogP contribution in [0.25, 0.3) is 0 Å². The maximum absolute atomic E-state index is 12.9. The molecule has 0 saturated heterocycles. The predicted molar refractivity (Wildman–Crippen MR) is 114 cm³/mol. The molecule has 8 heteroatoms. The van der Waals surface area contributed by atoms with Crippen LogP contribution in [0.3, 0.4) is 0 Å². The van der Waals surface area contributed by atoms with Crippen LogP contribution in [-0.2, 0) is 16.3 Å². The summed E-state index contributed by atoms with van der Waals surface area (Å²) in [7, 11) is -1.43. The summed E-state index contributed by atoms with van der Waals surface area (Å²) >= 11 is 1.70. The molecule has 2 rings (SSSR count). The molecule has 0 aliphatic rings. The molecular weight excluding hydrogens is 397 g/mol. The minimum Gasteiger partial charge on any atom is -0.356 e. The van der Waals surface area contributed by atoms with Crippen molar-refractivity contribution in [2.45, 2.75) is 22.6 Å². The van der Waals surface area contributed by atoms with E-state index in [0.29, 0.717) is 11.4 Å². The van der Waals surface area contributed by atoms with E-state index in [9.17, 15) is 12.8 Å². The third-order valence-corrected chi connectivity index (χ3v) is 6.20. The zero-order chi connectivity index (χ0) is 20.4. The van der Waals surface area contributed by atoms with Gasteiger partial charge in [0.2, 0.25) is 0 Å². The number of benzene rings is 2. The average Bonchev–Trinajstić information content (AvgIpc) is 2.67. The van der Waals surface area contributed by atoms with Gasteiger partial charge in [0.15, 0.2) is 15.8 Å². The Hall–Kier alpha value is -2.06. The molecule has 5 nitrogen and oxygen atoms in total. The molecular formula is C20H26FN3O2S2. The third-order valence-electron chi connectivity index (χ3n) is 3.98. The fraction of sp³-hybridized carbons (Fsp3) is 0.350. The Morgan fingerprint density at radius 2 is 1.68 bits per heavy atom. The van der Waals surface area contributed by atoms with Crippen LogP contribution < -0.4 is 10.6 Å². The second-order valence-electron chi connectivity index (χ2n) is 6.25. The number of hydrogen-bond donors (Lipinski definition) is 2. The standard InChI is InChI=1S/C20H26FN3O2S2/c1-22-20(23-13-3-15-27-18-8-6-17(21)7-9-18)24-14-12-16-4-10-19(11-5-16)28(2,25)26/h4-11H,3,12-15H2,1-2H3,(H2,22,23,24). The first kappa shape index (κ1) is 22.2. The minimum atomic E-state index is -3.16. The maximum atomic E-state index is 12.9. The van der Waals surface area contributed by atoms with Crippen molar-refractivity contribution in [2.75, 3.05) is 32.1 Å². The van der Waals surface area contributed by atoms with E-state index in [0.717, 1.165) is 41.6 Å².